The minimum atomic E-state index is -1.27. The molecular weight excluding hydrogens is 700 g/mol. The number of hydrogen-bond acceptors (Lipinski definition) is 10. The van der Waals surface area contributed by atoms with E-state index in [1.165, 1.54) is 19.1 Å². The van der Waals surface area contributed by atoms with Crippen LogP contribution in [0.4, 0.5) is 0 Å². The molecule has 0 saturated heterocycles. The van der Waals surface area contributed by atoms with E-state index in [-0.39, 0.29) is 49.7 Å². The molecule has 2 unspecified atom stereocenters. The molecule has 0 saturated carbocycles. The van der Waals surface area contributed by atoms with E-state index < -0.39 is 36.0 Å². The monoisotopic (exact) mass is 740 g/mol. The van der Waals surface area contributed by atoms with Crippen molar-refractivity contribution in [1.29, 1.82) is 0 Å². The summed E-state index contributed by atoms with van der Waals surface area (Å²) in [5, 5.41) is 19.6. The largest absolute Gasteiger partial charge is 0.491 e. The van der Waals surface area contributed by atoms with Gasteiger partial charge in [0.1, 0.15) is 50.6 Å². The highest BCUT2D eigenvalue weighted by Gasteiger charge is 2.52. The maximum Gasteiger partial charge on any atom is 0.339 e. The molecule has 5 aromatic carbocycles. The smallest absolute Gasteiger partial charge is 0.339 e. The number of esters is 3. The molecule has 5 aromatic rings. The van der Waals surface area contributed by atoms with E-state index >= 15 is 0 Å². The normalized spacial score (nSPS) is 14.9. The van der Waals surface area contributed by atoms with Crippen molar-refractivity contribution in [1.82, 2.24) is 0 Å². The first-order valence-corrected chi connectivity index (χ1v) is 17.9. The Hall–Kier alpha value is -6.23. The summed E-state index contributed by atoms with van der Waals surface area (Å²) >= 11 is 0. The average molecular weight is 741 g/mol. The third kappa shape index (κ3) is 6.98. The number of carbonyl (C=O) groups is 3. The van der Waals surface area contributed by atoms with E-state index in [2.05, 4.69) is 61.2 Å². The minimum absolute atomic E-state index is 0.00587. The van der Waals surface area contributed by atoms with Gasteiger partial charge in [-0.25, -0.2) is 14.4 Å². The standard InChI is InChI=1S/C45H40O10/c1-27(2)42(48)54-25-29(47)26-55-43(49)36-15-12-28(3)22-37(36)44(50)53-21-20-52-31-14-17-35-33-9-5-7-11-39(33)45(41(35)24-31)38-10-6-4-8-32(38)34-16-13-30(23-40(34)45)51-19-18-46/h4-17,22-24,29,46-47H,1,18-21,25-26H2,2-3H3. The molecule has 0 aromatic heterocycles. The second-order valence-electron chi connectivity index (χ2n) is 13.5. The molecule has 55 heavy (non-hydrogen) atoms. The molecule has 280 valence electrons. The highest BCUT2D eigenvalue weighted by Crippen LogP contribution is 2.63. The van der Waals surface area contributed by atoms with E-state index in [0.29, 0.717) is 11.5 Å². The van der Waals surface area contributed by atoms with Crippen LogP contribution in [0.1, 0.15) is 55.5 Å². The van der Waals surface area contributed by atoms with Gasteiger partial charge in [0.25, 0.3) is 0 Å². The van der Waals surface area contributed by atoms with E-state index in [4.69, 9.17) is 23.7 Å². The van der Waals surface area contributed by atoms with Crippen LogP contribution in [0.2, 0.25) is 0 Å². The minimum Gasteiger partial charge on any atom is -0.491 e. The number of rotatable bonds is 14. The van der Waals surface area contributed by atoms with Crippen molar-refractivity contribution in [2.45, 2.75) is 25.4 Å². The number of aliphatic hydroxyl groups excluding tert-OH is 2. The lowest BCUT2D eigenvalue weighted by molar-refractivity contribution is -0.142. The van der Waals surface area contributed by atoms with Crippen LogP contribution in [0.25, 0.3) is 22.3 Å². The lowest BCUT2D eigenvalue weighted by Crippen LogP contribution is -2.26. The number of hydrogen-bond donors (Lipinski definition) is 2. The quantitative estimate of drug-likeness (QED) is 0.0544. The number of benzene rings is 5. The maximum absolute atomic E-state index is 13.3. The Bertz CT molecular complexity index is 2300. The maximum atomic E-state index is 13.3. The number of fused-ring (bicyclic) bond motifs is 10. The van der Waals surface area contributed by atoms with Crippen molar-refractivity contribution in [2.24, 2.45) is 0 Å². The highest BCUT2D eigenvalue weighted by atomic mass is 16.6. The zero-order valence-electron chi connectivity index (χ0n) is 30.5. The molecular formula is C45H40O10. The Balaban J connectivity index is 1.08. The Morgan fingerprint density at radius 1 is 0.636 bits per heavy atom. The van der Waals surface area contributed by atoms with Crippen molar-refractivity contribution < 1.29 is 48.3 Å². The van der Waals surface area contributed by atoms with Crippen LogP contribution in [0.3, 0.4) is 0 Å². The molecule has 0 heterocycles. The molecule has 7 rings (SSSR count). The van der Waals surface area contributed by atoms with Crippen molar-refractivity contribution >= 4 is 17.9 Å². The fourth-order valence-corrected chi connectivity index (χ4v) is 7.41. The van der Waals surface area contributed by atoms with Gasteiger partial charge in [0.15, 0.2) is 0 Å². The third-order valence-electron chi connectivity index (χ3n) is 9.75. The van der Waals surface area contributed by atoms with E-state index in [9.17, 15) is 24.6 Å². The van der Waals surface area contributed by atoms with Crippen LogP contribution in [0, 0.1) is 6.92 Å². The molecule has 2 atom stereocenters. The van der Waals surface area contributed by atoms with Gasteiger partial charge in [0.05, 0.1) is 23.1 Å². The van der Waals surface area contributed by atoms with Crippen LogP contribution in [0.5, 0.6) is 11.5 Å². The summed E-state index contributed by atoms with van der Waals surface area (Å²) in [6.07, 6.45) is -1.27. The molecule has 2 N–H and O–H groups in total. The van der Waals surface area contributed by atoms with Gasteiger partial charge in [-0.1, -0.05) is 78.9 Å². The first-order chi connectivity index (χ1) is 26.6. The van der Waals surface area contributed by atoms with Gasteiger partial charge in [0.2, 0.25) is 0 Å². The Morgan fingerprint density at radius 3 is 1.78 bits per heavy atom. The lowest BCUT2D eigenvalue weighted by atomic mass is 9.70. The Labute approximate surface area is 318 Å². The zero-order valence-corrected chi connectivity index (χ0v) is 30.5. The van der Waals surface area contributed by atoms with Gasteiger partial charge in [-0.15, -0.1) is 0 Å². The summed E-state index contributed by atoms with van der Waals surface area (Å²) in [6.45, 7) is 5.91. The summed E-state index contributed by atoms with van der Waals surface area (Å²) in [4.78, 5) is 37.8. The lowest BCUT2D eigenvalue weighted by Gasteiger charge is -2.30. The summed E-state index contributed by atoms with van der Waals surface area (Å²) in [5.74, 6) is -0.994. The Morgan fingerprint density at radius 2 is 1.18 bits per heavy atom. The van der Waals surface area contributed by atoms with Crippen molar-refractivity contribution in [3.05, 3.63) is 154 Å². The van der Waals surface area contributed by atoms with Crippen LogP contribution in [-0.2, 0) is 24.4 Å². The van der Waals surface area contributed by atoms with Gasteiger partial charge >= 0.3 is 17.9 Å². The first kappa shape index (κ1) is 37.1. The van der Waals surface area contributed by atoms with Crippen molar-refractivity contribution in [3.8, 4) is 33.8 Å². The predicted molar refractivity (Wildman–Crippen MR) is 204 cm³/mol. The number of aryl methyl sites for hydroxylation is 1. The van der Waals surface area contributed by atoms with Crippen LogP contribution < -0.4 is 9.47 Å². The summed E-state index contributed by atoms with van der Waals surface area (Å²) in [6, 6.07) is 33.5. The second kappa shape index (κ2) is 15.6. The summed E-state index contributed by atoms with van der Waals surface area (Å²) in [5.41, 5.74) is 9.08. The van der Waals surface area contributed by atoms with Crippen LogP contribution in [-0.4, -0.2) is 73.9 Å². The van der Waals surface area contributed by atoms with Crippen LogP contribution in [0.15, 0.2) is 115 Å². The van der Waals surface area contributed by atoms with Crippen LogP contribution >= 0.6 is 0 Å². The fraction of sp³-hybridized carbons (Fsp3) is 0.222. The SMILES string of the molecule is C=C(C)C(=O)OCC(O)COC(=O)c1ccc(C)cc1C(=O)OCCOc1ccc2c(c1)C1(c3ccccc3-c3ccc(OCCO)cc31)c1ccccc1-2. The second-order valence-corrected chi connectivity index (χ2v) is 13.5. The Kier molecular flexibility index (Phi) is 10.5. The summed E-state index contributed by atoms with van der Waals surface area (Å²) in [7, 11) is 0. The zero-order chi connectivity index (χ0) is 38.7. The molecule has 1 spiro atoms. The molecule has 0 aliphatic heterocycles. The van der Waals surface area contributed by atoms with Gasteiger partial charge in [-0.3, -0.25) is 0 Å². The highest BCUT2D eigenvalue weighted by molar-refractivity contribution is 6.03. The molecule has 0 radical (unpaired) electrons. The number of aliphatic hydroxyl groups is 2. The van der Waals surface area contributed by atoms with Gasteiger partial charge in [-0.05, 0) is 94.8 Å². The molecule has 2 aliphatic carbocycles. The van der Waals surface area contributed by atoms with Crippen molar-refractivity contribution in [2.75, 3.05) is 39.6 Å². The average Bonchev–Trinajstić information content (AvgIpc) is 3.66. The molecule has 0 amide bonds. The van der Waals surface area contributed by atoms with Gasteiger partial charge in [-0.2, -0.15) is 0 Å². The third-order valence-corrected chi connectivity index (χ3v) is 9.75. The molecule has 10 nitrogen and oxygen atoms in total. The molecule has 0 bridgehead atoms. The molecule has 0 fully saturated rings. The van der Waals surface area contributed by atoms with Gasteiger partial charge in [0, 0.05) is 5.57 Å². The molecule has 2 aliphatic rings. The van der Waals surface area contributed by atoms with Gasteiger partial charge < -0.3 is 33.9 Å². The number of ether oxygens (including phenoxy) is 5. The van der Waals surface area contributed by atoms with E-state index in [1.54, 1.807) is 13.0 Å². The van der Waals surface area contributed by atoms with E-state index in [1.807, 2.05) is 30.3 Å². The van der Waals surface area contributed by atoms with Crippen molar-refractivity contribution in [3.63, 3.8) is 0 Å². The van der Waals surface area contributed by atoms with E-state index in [0.717, 1.165) is 50.1 Å². The predicted octanol–water partition coefficient (Wildman–Crippen LogP) is 6.58. The molecule has 10 heteroatoms. The fourth-order valence-electron chi connectivity index (χ4n) is 7.41. The number of carbonyl (C=O) groups excluding carboxylic acids is 3. The first-order valence-electron chi connectivity index (χ1n) is 17.9. The summed E-state index contributed by atoms with van der Waals surface area (Å²) < 4.78 is 27.8. The topological polar surface area (TPSA) is 138 Å².